The van der Waals surface area contributed by atoms with Crippen LogP contribution in [0.4, 0.5) is 0 Å². The second-order valence-electron chi connectivity index (χ2n) is 10.8. The summed E-state index contributed by atoms with van der Waals surface area (Å²) in [5.41, 5.74) is 3.28. The number of carbonyl (C=O) groups excluding carboxylic acids is 3. The first-order valence-electron chi connectivity index (χ1n) is 12.5. The van der Waals surface area contributed by atoms with Gasteiger partial charge in [-0.25, -0.2) is 0 Å². The van der Waals surface area contributed by atoms with E-state index in [1.807, 2.05) is 31.2 Å². The van der Waals surface area contributed by atoms with Gasteiger partial charge in [0.1, 0.15) is 22.8 Å². The van der Waals surface area contributed by atoms with Crippen LogP contribution < -0.4 is 5.73 Å². The van der Waals surface area contributed by atoms with E-state index in [-0.39, 0.29) is 17.7 Å². The summed E-state index contributed by atoms with van der Waals surface area (Å²) in [4.78, 5) is 40.9. The third-order valence-corrected chi connectivity index (χ3v) is 8.38. The molecule has 1 amide bonds. The highest BCUT2D eigenvalue weighted by Gasteiger charge is 2.67. The van der Waals surface area contributed by atoms with Crippen molar-refractivity contribution in [3.63, 3.8) is 0 Å². The van der Waals surface area contributed by atoms with Crippen molar-refractivity contribution in [2.45, 2.75) is 37.0 Å². The van der Waals surface area contributed by atoms with Gasteiger partial charge in [-0.2, -0.15) is 0 Å². The van der Waals surface area contributed by atoms with Crippen LogP contribution in [0, 0.1) is 18.8 Å². The van der Waals surface area contributed by atoms with Gasteiger partial charge in [0.05, 0.1) is 23.6 Å². The third kappa shape index (κ3) is 3.63. The van der Waals surface area contributed by atoms with E-state index in [9.17, 15) is 39.9 Å². The van der Waals surface area contributed by atoms with E-state index in [0.717, 1.165) is 11.1 Å². The quantitative estimate of drug-likeness (QED) is 0.314. The van der Waals surface area contributed by atoms with Crippen molar-refractivity contribution in [2.24, 2.45) is 17.6 Å². The number of nitrogens with two attached hydrogens (primary N) is 1. The molecule has 0 spiro atoms. The number of phenols is 1. The summed E-state index contributed by atoms with van der Waals surface area (Å²) in [6, 6.07) is 10.8. The van der Waals surface area contributed by atoms with Crippen LogP contribution in [0.25, 0.3) is 0 Å². The van der Waals surface area contributed by atoms with Gasteiger partial charge in [0.15, 0.2) is 11.4 Å². The molecule has 0 aromatic heterocycles. The molecule has 0 bridgehead atoms. The van der Waals surface area contributed by atoms with Crippen LogP contribution >= 0.6 is 0 Å². The van der Waals surface area contributed by atoms with Gasteiger partial charge in [0, 0.05) is 11.5 Å². The maximum atomic E-state index is 13.8. The Hall–Kier alpha value is -3.99. The van der Waals surface area contributed by atoms with Crippen LogP contribution in [0.15, 0.2) is 65.1 Å². The lowest BCUT2D eigenvalue weighted by Crippen LogP contribution is -2.68. The minimum atomic E-state index is -2.94. The molecule has 0 heterocycles. The number of nitrogens with zero attached hydrogens (tertiary/aromatic N) is 1. The zero-order valence-electron chi connectivity index (χ0n) is 21.6. The van der Waals surface area contributed by atoms with Crippen molar-refractivity contribution in [3.8, 4) is 5.75 Å². The van der Waals surface area contributed by atoms with Crippen molar-refractivity contribution in [1.29, 1.82) is 0 Å². The van der Waals surface area contributed by atoms with Gasteiger partial charge >= 0.3 is 0 Å². The predicted octanol–water partition coefficient (Wildman–Crippen LogP) is 1.18. The van der Waals surface area contributed by atoms with E-state index in [1.165, 1.54) is 25.1 Å². The molecule has 0 saturated heterocycles. The molecule has 10 heteroatoms. The number of aryl methyl sites for hydroxylation is 1. The van der Waals surface area contributed by atoms with Crippen molar-refractivity contribution >= 4 is 17.5 Å². The number of aromatic hydroxyl groups is 1. The van der Waals surface area contributed by atoms with E-state index in [2.05, 4.69) is 0 Å². The molecular formula is C29H30N2O8. The number of fused-ring (bicyclic) bond motifs is 3. The molecule has 3 aliphatic rings. The maximum absolute atomic E-state index is 13.8. The van der Waals surface area contributed by atoms with Crippen molar-refractivity contribution in [3.05, 3.63) is 87.4 Å². The zero-order chi connectivity index (χ0) is 28.5. The number of likely N-dealkylation sites (N-methyl/N-ethyl adjacent to an activating group) is 1. The first-order valence-corrected chi connectivity index (χ1v) is 12.5. The number of benzene rings is 2. The topological polar surface area (TPSA) is 182 Å². The molecule has 7 N–H and O–H groups in total. The van der Waals surface area contributed by atoms with Crippen LogP contribution in [0.3, 0.4) is 0 Å². The molecule has 0 aliphatic heterocycles. The van der Waals surface area contributed by atoms with Crippen molar-refractivity contribution in [2.75, 3.05) is 14.1 Å². The normalized spacial score (nSPS) is 30.3. The van der Waals surface area contributed by atoms with Crippen molar-refractivity contribution in [1.82, 2.24) is 4.90 Å². The van der Waals surface area contributed by atoms with Gasteiger partial charge in [-0.05, 0) is 50.6 Å². The number of aliphatic hydroxyl groups is 4. The number of amides is 1. The first kappa shape index (κ1) is 26.6. The summed E-state index contributed by atoms with van der Waals surface area (Å²) < 4.78 is 0. The van der Waals surface area contributed by atoms with E-state index < -0.39 is 75.6 Å². The highest BCUT2D eigenvalue weighted by molar-refractivity contribution is 6.25. The lowest BCUT2D eigenvalue weighted by molar-refractivity contribution is -0.162. The average Bonchev–Trinajstić information content (AvgIpc) is 2.86. The Kier molecular flexibility index (Phi) is 6.17. The number of ketones is 2. The smallest absolute Gasteiger partial charge is 0.255 e. The zero-order valence-corrected chi connectivity index (χ0v) is 21.6. The molecule has 2 aromatic carbocycles. The van der Waals surface area contributed by atoms with Crippen LogP contribution in [-0.4, -0.2) is 79.7 Å². The van der Waals surface area contributed by atoms with Gasteiger partial charge in [-0.15, -0.1) is 0 Å². The Balaban J connectivity index is 1.80. The van der Waals surface area contributed by atoms with Crippen LogP contribution in [0.2, 0.25) is 0 Å². The highest BCUT2D eigenvalue weighted by Crippen LogP contribution is 2.56. The minimum Gasteiger partial charge on any atom is -0.510 e. The molecule has 39 heavy (non-hydrogen) atoms. The van der Waals surface area contributed by atoms with E-state index in [4.69, 9.17) is 5.73 Å². The molecule has 6 unspecified atom stereocenters. The molecule has 3 aliphatic carbocycles. The molecule has 0 radical (unpaired) electrons. The number of primary amides is 1. The summed E-state index contributed by atoms with van der Waals surface area (Å²) in [7, 11) is 3.00. The van der Waals surface area contributed by atoms with Gasteiger partial charge in [-0.3, -0.25) is 19.3 Å². The van der Waals surface area contributed by atoms with E-state index >= 15 is 0 Å². The monoisotopic (exact) mass is 534 g/mol. The Labute approximate surface area is 224 Å². The minimum absolute atomic E-state index is 0.109. The summed E-state index contributed by atoms with van der Waals surface area (Å²) >= 11 is 0. The average molecular weight is 535 g/mol. The van der Waals surface area contributed by atoms with Crippen molar-refractivity contribution < 1.29 is 39.9 Å². The number of hydrogen-bond donors (Lipinski definition) is 6. The van der Waals surface area contributed by atoms with Crippen LogP contribution in [0.5, 0.6) is 5.75 Å². The molecule has 6 atom stereocenters. The van der Waals surface area contributed by atoms with E-state index in [1.54, 1.807) is 12.1 Å². The number of Topliss-reactive ketones (excluding diaryl/α,β-unsaturated/α-hetero) is 2. The van der Waals surface area contributed by atoms with Gasteiger partial charge in [-0.1, -0.05) is 42.0 Å². The van der Waals surface area contributed by atoms with Crippen LogP contribution in [-0.2, 0) is 16.0 Å². The SMILES string of the molecule is Cc1ccc(CC2c3cccc(O)c3C(=O)C3=C(O)C4(O)C(=O)C(C(N)=O)=C(O)C(N(C)C)C4C(O)C32)cc1. The first-order chi connectivity index (χ1) is 18.3. The molecule has 0 saturated carbocycles. The van der Waals surface area contributed by atoms with Gasteiger partial charge in [0.2, 0.25) is 5.78 Å². The lowest BCUT2D eigenvalue weighted by atomic mass is 9.54. The molecule has 10 nitrogen and oxygen atoms in total. The standard InChI is InChI=1S/C29H30N2O8/c1-12-7-9-13(10-8-12)11-15-14-5-4-6-16(32)17(14)23(33)19-18(15)24(34)21-22(31(2)3)25(35)20(28(30)38)27(37)29(21,39)26(19)36/h4-10,15,18,21-22,24,32,34-36,39H,11H2,1-3H3,(H2,30,38). The van der Waals surface area contributed by atoms with Gasteiger partial charge < -0.3 is 31.3 Å². The Morgan fingerprint density at radius 3 is 2.28 bits per heavy atom. The second kappa shape index (κ2) is 9.04. The Bertz CT molecular complexity index is 1470. The largest absolute Gasteiger partial charge is 0.510 e. The number of hydrogen-bond acceptors (Lipinski definition) is 9. The number of carbonyl (C=O) groups is 3. The fraction of sp³-hybridized carbons (Fsp3) is 0.345. The summed E-state index contributed by atoms with van der Waals surface area (Å²) in [6.45, 7) is 1.93. The molecule has 204 valence electrons. The molecule has 2 aromatic rings. The summed E-state index contributed by atoms with van der Waals surface area (Å²) in [5.74, 6) is -9.09. The fourth-order valence-corrected chi connectivity index (χ4v) is 6.62. The maximum Gasteiger partial charge on any atom is 0.255 e. The third-order valence-electron chi connectivity index (χ3n) is 8.38. The second-order valence-corrected chi connectivity index (χ2v) is 10.8. The predicted molar refractivity (Wildman–Crippen MR) is 139 cm³/mol. The Morgan fingerprint density at radius 2 is 1.69 bits per heavy atom. The number of phenolic OH excluding ortho intramolecular Hbond substituents is 1. The Morgan fingerprint density at radius 1 is 1.05 bits per heavy atom. The highest BCUT2D eigenvalue weighted by atomic mass is 16.4. The lowest BCUT2D eigenvalue weighted by Gasteiger charge is -2.53. The van der Waals surface area contributed by atoms with Gasteiger partial charge in [0.25, 0.3) is 5.91 Å². The van der Waals surface area contributed by atoms with E-state index in [0.29, 0.717) is 5.56 Å². The number of rotatable bonds is 4. The molecule has 0 fully saturated rings. The molecular weight excluding hydrogens is 504 g/mol. The van der Waals surface area contributed by atoms with Crippen LogP contribution in [0.1, 0.15) is 33.0 Å². The summed E-state index contributed by atoms with van der Waals surface area (Å²) in [6.07, 6.45) is -1.37. The fourth-order valence-electron chi connectivity index (χ4n) is 6.62. The molecule has 5 rings (SSSR count). The number of aliphatic hydroxyl groups excluding tert-OH is 3. The summed E-state index contributed by atoms with van der Waals surface area (Å²) in [5, 5.41) is 56.9.